The minimum atomic E-state index is -1.71. The number of allylic oxidation sites excluding steroid dienone is 3. The molecule has 63 valence electrons. The molecule has 0 unspecified atom stereocenters. The van der Waals surface area contributed by atoms with E-state index in [1.165, 1.54) is 0 Å². The summed E-state index contributed by atoms with van der Waals surface area (Å²) in [5.74, 6) is 0. The van der Waals surface area contributed by atoms with Gasteiger partial charge in [0.25, 0.3) is 0 Å². The molecule has 0 spiro atoms. The molecule has 0 aromatic rings. The molecule has 0 saturated carbocycles. The van der Waals surface area contributed by atoms with Gasteiger partial charge in [0, 0.05) is 0 Å². The molecule has 0 rings (SSSR count). The first-order chi connectivity index (χ1) is 5.74. The SMILES string of the molecule is [C]#C[Si](CC=C)(CC=C)CC=C. The van der Waals surface area contributed by atoms with E-state index in [0.717, 1.165) is 18.1 Å². The van der Waals surface area contributed by atoms with Gasteiger partial charge in [0.15, 0.2) is 8.07 Å². The standard InChI is InChI=1S/C11H15Si/c1-5-9-12(8-4,10-6-2)11-7-3/h5-7H,1-3,9-11H2. The van der Waals surface area contributed by atoms with Gasteiger partial charge in [-0.3, -0.25) is 0 Å². The number of hydrogen-bond donors (Lipinski definition) is 0. The van der Waals surface area contributed by atoms with Crippen LogP contribution in [0, 0.1) is 12.0 Å². The van der Waals surface area contributed by atoms with Gasteiger partial charge in [-0.1, -0.05) is 18.2 Å². The minimum Gasteiger partial charge on any atom is -0.116 e. The van der Waals surface area contributed by atoms with Gasteiger partial charge in [0.05, 0.1) is 0 Å². The summed E-state index contributed by atoms with van der Waals surface area (Å²) >= 11 is 0. The highest BCUT2D eigenvalue weighted by molar-refractivity contribution is 6.88. The lowest BCUT2D eigenvalue weighted by molar-refractivity contribution is 1.40. The van der Waals surface area contributed by atoms with Crippen LogP contribution in [0.2, 0.25) is 18.1 Å². The second kappa shape index (κ2) is 5.62. The molecule has 0 aromatic carbocycles. The summed E-state index contributed by atoms with van der Waals surface area (Å²) in [4.78, 5) is 0. The van der Waals surface area contributed by atoms with E-state index in [1.54, 1.807) is 0 Å². The molecule has 0 aliphatic heterocycles. The Morgan fingerprint density at radius 3 is 1.50 bits per heavy atom. The lowest BCUT2D eigenvalue weighted by Crippen LogP contribution is -2.29. The van der Waals surface area contributed by atoms with Crippen LogP contribution in [-0.2, 0) is 0 Å². The first kappa shape index (κ1) is 11.0. The van der Waals surface area contributed by atoms with Gasteiger partial charge in [-0.25, -0.2) is 0 Å². The Morgan fingerprint density at radius 2 is 1.33 bits per heavy atom. The first-order valence-electron chi connectivity index (χ1n) is 4.01. The lowest BCUT2D eigenvalue weighted by Gasteiger charge is -2.20. The Morgan fingerprint density at radius 1 is 1.00 bits per heavy atom. The maximum atomic E-state index is 7.29. The molecule has 12 heavy (non-hydrogen) atoms. The monoisotopic (exact) mass is 175 g/mol. The summed E-state index contributed by atoms with van der Waals surface area (Å²) < 4.78 is 0. The van der Waals surface area contributed by atoms with Crippen LogP contribution in [0.25, 0.3) is 0 Å². The Hall–Kier alpha value is -1.00. The van der Waals surface area contributed by atoms with Crippen LogP contribution in [0.4, 0.5) is 0 Å². The van der Waals surface area contributed by atoms with Crippen molar-refractivity contribution >= 4 is 8.07 Å². The molecule has 0 N–H and O–H groups in total. The van der Waals surface area contributed by atoms with Crippen molar-refractivity contribution in [1.82, 2.24) is 0 Å². The molecule has 0 aliphatic rings. The molecule has 0 atom stereocenters. The molecule has 0 amide bonds. The number of hydrogen-bond acceptors (Lipinski definition) is 0. The van der Waals surface area contributed by atoms with Gasteiger partial charge in [-0.15, -0.1) is 25.3 Å². The van der Waals surface area contributed by atoms with E-state index in [0.29, 0.717) is 0 Å². The highest BCUT2D eigenvalue weighted by Gasteiger charge is 2.26. The van der Waals surface area contributed by atoms with Crippen molar-refractivity contribution in [3.05, 3.63) is 44.4 Å². The molecular weight excluding hydrogens is 160 g/mol. The van der Waals surface area contributed by atoms with Gasteiger partial charge in [-0.05, 0) is 24.6 Å². The molecule has 0 bridgehead atoms. The lowest BCUT2D eigenvalue weighted by atomic mass is 10.7. The Kier molecular flexibility index (Phi) is 5.15. The zero-order chi connectivity index (χ0) is 9.45. The molecule has 0 heterocycles. The molecule has 0 aliphatic carbocycles. The summed E-state index contributed by atoms with van der Waals surface area (Å²) in [6.45, 7) is 11.1. The fourth-order valence-electron chi connectivity index (χ4n) is 1.23. The normalized spacial score (nSPS) is 9.92. The van der Waals surface area contributed by atoms with Gasteiger partial charge in [-0.2, -0.15) is 0 Å². The van der Waals surface area contributed by atoms with Crippen molar-refractivity contribution in [3.8, 4) is 5.54 Å². The average molecular weight is 175 g/mol. The van der Waals surface area contributed by atoms with Gasteiger partial charge in [0.1, 0.15) is 0 Å². The van der Waals surface area contributed by atoms with Crippen LogP contribution in [-0.4, -0.2) is 8.07 Å². The third-order valence-corrected chi connectivity index (χ3v) is 5.61. The van der Waals surface area contributed by atoms with Crippen LogP contribution in [0.1, 0.15) is 0 Å². The maximum Gasteiger partial charge on any atom is 0.150 e. The largest absolute Gasteiger partial charge is 0.150 e. The van der Waals surface area contributed by atoms with Crippen LogP contribution < -0.4 is 0 Å². The fourth-order valence-corrected chi connectivity index (χ4v) is 3.70. The summed E-state index contributed by atoms with van der Waals surface area (Å²) in [5, 5.41) is 0. The summed E-state index contributed by atoms with van der Waals surface area (Å²) in [6, 6.07) is 2.69. The van der Waals surface area contributed by atoms with Gasteiger partial charge < -0.3 is 0 Å². The van der Waals surface area contributed by atoms with Gasteiger partial charge in [0.2, 0.25) is 0 Å². The van der Waals surface area contributed by atoms with Crippen molar-refractivity contribution in [3.63, 3.8) is 0 Å². The van der Waals surface area contributed by atoms with E-state index >= 15 is 0 Å². The predicted octanol–water partition coefficient (Wildman–Crippen LogP) is 3.12. The highest BCUT2D eigenvalue weighted by atomic mass is 28.3. The highest BCUT2D eigenvalue weighted by Crippen LogP contribution is 2.21. The van der Waals surface area contributed by atoms with Crippen molar-refractivity contribution in [1.29, 1.82) is 0 Å². The van der Waals surface area contributed by atoms with E-state index in [1.807, 2.05) is 18.2 Å². The third-order valence-electron chi connectivity index (χ3n) is 1.87. The van der Waals surface area contributed by atoms with E-state index in [4.69, 9.17) is 6.42 Å². The minimum absolute atomic E-state index is 0.897. The molecule has 0 nitrogen and oxygen atoms in total. The summed E-state index contributed by atoms with van der Waals surface area (Å²) in [7, 11) is -1.71. The predicted molar refractivity (Wildman–Crippen MR) is 57.9 cm³/mol. The van der Waals surface area contributed by atoms with E-state index in [-0.39, 0.29) is 0 Å². The van der Waals surface area contributed by atoms with Crippen LogP contribution in [0.15, 0.2) is 38.0 Å². The van der Waals surface area contributed by atoms with Crippen LogP contribution >= 0.6 is 0 Å². The van der Waals surface area contributed by atoms with E-state index in [9.17, 15) is 0 Å². The molecule has 1 radical (unpaired) electrons. The van der Waals surface area contributed by atoms with Crippen molar-refractivity contribution in [2.45, 2.75) is 18.1 Å². The second-order valence-corrected chi connectivity index (χ2v) is 6.92. The third kappa shape index (κ3) is 2.94. The van der Waals surface area contributed by atoms with Crippen LogP contribution in [0.3, 0.4) is 0 Å². The first-order valence-corrected chi connectivity index (χ1v) is 6.63. The van der Waals surface area contributed by atoms with Crippen molar-refractivity contribution in [2.24, 2.45) is 0 Å². The molecule has 1 heteroatoms. The Bertz CT molecular complexity index is 181. The topological polar surface area (TPSA) is 0 Å². The zero-order valence-corrected chi connectivity index (χ0v) is 8.47. The maximum absolute atomic E-state index is 7.29. The van der Waals surface area contributed by atoms with Gasteiger partial charge >= 0.3 is 0 Å². The zero-order valence-electron chi connectivity index (χ0n) is 7.47. The molecular formula is C11H15Si. The Balaban J connectivity index is 4.49. The van der Waals surface area contributed by atoms with E-state index in [2.05, 4.69) is 25.3 Å². The quantitative estimate of drug-likeness (QED) is 0.330. The second-order valence-electron chi connectivity index (χ2n) is 2.88. The molecule has 0 fully saturated rings. The smallest absolute Gasteiger partial charge is 0.116 e. The summed E-state index contributed by atoms with van der Waals surface area (Å²) in [6.07, 6.45) is 12.9. The molecule has 0 aromatic heterocycles. The average Bonchev–Trinajstić information content (AvgIpc) is 2.06. The van der Waals surface area contributed by atoms with Crippen molar-refractivity contribution in [2.75, 3.05) is 0 Å². The summed E-state index contributed by atoms with van der Waals surface area (Å²) in [5.41, 5.74) is 2.69. The van der Waals surface area contributed by atoms with Crippen LogP contribution in [0.5, 0.6) is 0 Å². The fraction of sp³-hybridized carbons (Fsp3) is 0.273. The molecule has 0 saturated heterocycles. The van der Waals surface area contributed by atoms with E-state index < -0.39 is 8.07 Å². The number of rotatable bonds is 6. The van der Waals surface area contributed by atoms with Crippen molar-refractivity contribution < 1.29 is 0 Å². The Labute approximate surface area is 76.7 Å².